The van der Waals surface area contributed by atoms with E-state index in [1.165, 1.54) is 0 Å². The second kappa shape index (κ2) is 9.01. The number of benzene rings is 3. The quantitative estimate of drug-likeness (QED) is 0.626. The Kier molecular flexibility index (Phi) is 6.01. The van der Waals surface area contributed by atoms with Crippen molar-refractivity contribution in [3.8, 4) is 11.8 Å². The molecule has 3 aromatic carbocycles. The molecule has 0 spiro atoms. The minimum absolute atomic E-state index is 0.118. The van der Waals surface area contributed by atoms with E-state index in [1.807, 2.05) is 24.3 Å². The van der Waals surface area contributed by atoms with Crippen molar-refractivity contribution in [1.29, 1.82) is 5.26 Å². The topological polar surface area (TPSA) is 91.2 Å². The van der Waals surface area contributed by atoms with E-state index in [0.717, 1.165) is 0 Å². The number of para-hydroxylation sites is 1. The molecule has 2 amide bonds. The lowest BCUT2D eigenvalue weighted by Gasteiger charge is -2.09. The smallest absolute Gasteiger partial charge is 0.323 e. The molecule has 0 aromatic heterocycles. The molecule has 0 unspecified atom stereocenters. The van der Waals surface area contributed by atoms with Crippen molar-refractivity contribution in [2.75, 3.05) is 17.2 Å². The Morgan fingerprint density at radius 2 is 1.43 bits per heavy atom. The Morgan fingerprint density at radius 1 is 0.821 bits per heavy atom. The zero-order valence-electron chi connectivity index (χ0n) is 14.9. The largest absolute Gasteiger partial charge is 0.485 e. The summed E-state index contributed by atoms with van der Waals surface area (Å²) >= 11 is 0. The maximum atomic E-state index is 12.1. The third-order valence-corrected chi connectivity index (χ3v) is 3.85. The van der Waals surface area contributed by atoms with E-state index < -0.39 is 0 Å². The molecule has 6 heteroatoms. The molecule has 0 bridgehead atoms. The number of carbonyl (C=O) groups is 2. The van der Waals surface area contributed by atoms with Crippen LogP contribution < -0.4 is 15.4 Å². The molecule has 0 aliphatic rings. The van der Waals surface area contributed by atoms with Crippen LogP contribution in [0.5, 0.6) is 5.75 Å². The van der Waals surface area contributed by atoms with E-state index in [0.29, 0.717) is 28.3 Å². The molecule has 138 valence electrons. The predicted octanol–water partition coefficient (Wildman–Crippen LogP) is 4.46. The van der Waals surface area contributed by atoms with Gasteiger partial charge < -0.3 is 15.4 Å². The number of anilines is 2. The monoisotopic (exact) mass is 371 g/mol. The van der Waals surface area contributed by atoms with Gasteiger partial charge in [0.15, 0.2) is 12.4 Å². The number of carbonyl (C=O) groups excluding carboxylic acids is 2. The van der Waals surface area contributed by atoms with Gasteiger partial charge in [-0.2, -0.15) is 5.26 Å². The maximum absolute atomic E-state index is 12.1. The fraction of sp³-hybridized carbons (Fsp3) is 0.0455. The molecule has 3 aromatic rings. The molecule has 0 heterocycles. The summed E-state index contributed by atoms with van der Waals surface area (Å²) in [4.78, 5) is 24.1. The Labute approximate surface area is 162 Å². The van der Waals surface area contributed by atoms with Crippen molar-refractivity contribution < 1.29 is 14.3 Å². The molecule has 3 rings (SSSR count). The van der Waals surface area contributed by atoms with Crippen LogP contribution in [0.25, 0.3) is 0 Å². The maximum Gasteiger partial charge on any atom is 0.323 e. The third kappa shape index (κ3) is 5.19. The van der Waals surface area contributed by atoms with E-state index in [9.17, 15) is 9.59 Å². The van der Waals surface area contributed by atoms with Gasteiger partial charge in [-0.05, 0) is 60.7 Å². The fourth-order valence-corrected chi connectivity index (χ4v) is 2.41. The molecule has 28 heavy (non-hydrogen) atoms. The minimum Gasteiger partial charge on any atom is -0.485 e. The Hall–Kier alpha value is -4.11. The fourth-order valence-electron chi connectivity index (χ4n) is 2.41. The van der Waals surface area contributed by atoms with Crippen molar-refractivity contribution in [3.05, 3.63) is 90.0 Å². The van der Waals surface area contributed by atoms with Gasteiger partial charge in [0, 0.05) is 16.9 Å². The lowest BCUT2D eigenvalue weighted by Crippen LogP contribution is -2.19. The average Bonchev–Trinajstić information content (AvgIpc) is 2.73. The van der Waals surface area contributed by atoms with E-state index in [2.05, 4.69) is 10.6 Å². The highest BCUT2D eigenvalue weighted by Gasteiger charge is 2.08. The summed E-state index contributed by atoms with van der Waals surface area (Å²) in [5.41, 5.74) is 2.27. The third-order valence-electron chi connectivity index (χ3n) is 3.85. The molecule has 0 saturated carbocycles. The number of nitrogens with one attached hydrogen (secondary N) is 2. The standard InChI is InChI=1S/C22H17N3O3/c23-14-16-6-8-17(9-7-16)21(26)15-28-20-12-10-19(11-13-20)25-22(27)24-18-4-2-1-3-5-18/h1-13H,15H2,(H2,24,25,27). The molecular weight excluding hydrogens is 354 g/mol. The van der Waals surface area contributed by atoms with Crippen molar-refractivity contribution in [2.24, 2.45) is 0 Å². The first-order valence-corrected chi connectivity index (χ1v) is 8.53. The Morgan fingerprint density at radius 3 is 2.04 bits per heavy atom. The molecule has 6 nitrogen and oxygen atoms in total. The highest BCUT2D eigenvalue weighted by molar-refractivity contribution is 5.99. The van der Waals surface area contributed by atoms with Gasteiger partial charge in [0.1, 0.15) is 5.75 Å². The summed E-state index contributed by atoms with van der Waals surface area (Å²) in [6.07, 6.45) is 0. The molecule has 2 N–H and O–H groups in total. The number of nitrogens with zero attached hydrogens (tertiary/aromatic N) is 1. The minimum atomic E-state index is -0.351. The van der Waals surface area contributed by atoms with Crippen LogP contribution in [-0.4, -0.2) is 18.4 Å². The highest BCUT2D eigenvalue weighted by Crippen LogP contribution is 2.17. The van der Waals surface area contributed by atoms with E-state index in [1.54, 1.807) is 60.7 Å². The summed E-state index contributed by atoms with van der Waals surface area (Å²) in [5.74, 6) is 0.324. The van der Waals surface area contributed by atoms with E-state index in [4.69, 9.17) is 10.00 Å². The van der Waals surface area contributed by atoms with Crippen LogP contribution in [-0.2, 0) is 0 Å². The molecule has 0 atom stereocenters. The summed E-state index contributed by atoms with van der Waals surface area (Å²) in [6, 6.07) is 23.9. The number of ether oxygens (including phenoxy) is 1. The van der Waals surface area contributed by atoms with Crippen LogP contribution in [0.4, 0.5) is 16.2 Å². The first-order chi connectivity index (χ1) is 13.6. The van der Waals surface area contributed by atoms with E-state index >= 15 is 0 Å². The van der Waals surface area contributed by atoms with Gasteiger partial charge in [-0.25, -0.2) is 4.79 Å². The van der Waals surface area contributed by atoms with Gasteiger partial charge in [0.2, 0.25) is 0 Å². The summed E-state index contributed by atoms with van der Waals surface area (Å²) < 4.78 is 5.49. The number of amides is 2. The van der Waals surface area contributed by atoms with Gasteiger partial charge >= 0.3 is 6.03 Å². The first kappa shape index (κ1) is 18.7. The number of ketones is 1. The number of Topliss-reactive ketones (excluding diaryl/α,β-unsaturated/α-hetero) is 1. The first-order valence-electron chi connectivity index (χ1n) is 8.53. The van der Waals surface area contributed by atoms with Crippen LogP contribution in [0.3, 0.4) is 0 Å². The summed E-state index contributed by atoms with van der Waals surface area (Å²) in [5, 5.41) is 14.2. The predicted molar refractivity (Wildman–Crippen MR) is 107 cm³/mol. The zero-order chi connectivity index (χ0) is 19.8. The van der Waals surface area contributed by atoms with Crippen LogP contribution >= 0.6 is 0 Å². The number of urea groups is 1. The highest BCUT2D eigenvalue weighted by atomic mass is 16.5. The SMILES string of the molecule is N#Cc1ccc(C(=O)COc2ccc(NC(=O)Nc3ccccc3)cc2)cc1. The van der Waals surface area contributed by atoms with Crippen molar-refractivity contribution in [2.45, 2.75) is 0 Å². The molecule has 0 fully saturated rings. The Balaban J connectivity index is 1.50. The van der Waals surface area contributed by atoms with Crippen molar-refractivity contribution in [1.82, 2.24) is 0 Å². The molecular formula is C22H17N3O3. The van der Waals surface area contributed by atoms with Gasteiger partial charge in [0.05, 0.1) is 11.6 Å². The Bertz CT molecular complexity index is 992. The number of rotatable bonds is 6. The summed E-state index contributed by atoms with van der Waals surface area (Å²) in [7, 11) is 0. The van der Waals surface area contributed by atoms with Gasteiger partial charge in [-0.3, -0.25) is 4.79 Å². The van der Waals surface area contributed by atoms with Crippen LogP contribution in [0.2, 0.25) is 0 Å². The molecule has 0 saturated heterocycles. The van der Waals surface area contributed by atoms with Gasteiger partial charge in [-0.15, -0.1) is 0 Å². The number of hydrogen-bond acceptors (Lipinski definition) is 4. The van der Waals surface area contributed by atoms with Crippen LogP contribution in [0.1, 0.15) is 15.9 Å². The van der Waals surface area contributed by atoms with Gasteiger partial charge in [-0.1, -0.05) is 18.2 Å². The normalized spacial score (nSPS) is 9.82. The van der Waals surface area contributed by atoms with Gasteiger partial charge in [0.25, 0.3) is 0 Å². The van der Waals surface area contributed by atoms with Crippen molar-refractivity contribution >= 4 is 23.2 Å². The van der Waals surface area contributed by atoms with E-state index in [-0.39, 0.29) is 18.4 Å². The molecule has 0 aliphatic heterocycles. The van der Waals surface area contributed by atoms with Crippen molar-refractivity contribution in [3.63, 3.8) is 0 Å². The second-order valence-electron chi connectivity index (χ2n) is 5.87. The van der Waals surface area contributed by atoms with Crippen LogP contribution in [0.15, 0.2) is 78.9 Å². The van der Waals surface area contributed by atoms with Crippen LogP contribution in [0, 0.1) is 11.3 Å². The number of nitriles is 1. The lowest BCUT2D eigenvalue weighted by molar-refractivity contribution is 0.0921. The summed E-state index contributed by atoms with van der Waals surface area (Å²) in [6.45, 7) is -0.118. The zero-order valence-corrected chi connectivity index (χ0v) is 14.9. The molecule has 0 aliphatic carbocycles. The second-order valence-corrected chi connectivity index (χ2v) is 5.87. The number of hydrogen-bond donors (Lipinski definition) is 2. The average molecular weight is 371 g/mol. The lowest BCUT2D eigenvalue weighted by atomic mass is 10.1. The molecule has 0 radical (unpaired) electrons.